The van der Waals surface area contributed by atoms with Gasteiger partial charge in [-0.15, -0.1) is 0 Å². The number of carbonyl (C=O) groups excluding carboxylic acids is 1. The lowest BCUT2D eigenvalue weighted by molar-refractivity contribution is -0.133. The lowest BCUT2D eigenvalue weighted by Gasteiger charge is -2.48. The normalized spacial score (nSPS) is 23.2. The second-order valence-electron chi connectivity index (χ2n) is 8.36. The lowest BCUT2D eigenvalue weighted by Crippen LogP contribution is -2.54. The van der Waals surface area contributed by atoms with Crippen molar-refractivity contribution in [2.45, 2.75) is 58.9 Å². The van der Waals surface area contributed by atoms with E-state index in [0.29, 0.717) is 12.3 Å². The Morgan fingerprint density at radius 2 is 1.94 bits per heavy atom. The quantitative estimate of drug-likeness (QED) is 0.384. The number of amides is 1. The molecule has 2 aliphatic heterocycles. The van der Waals surface area contributed by atoms with Crippen LogP contribution in [0.1, 0.15) is 52.9 Å². The van der Waals surface area contributed by atoms with Gasteiger partial charge >= 0.3 is 0 Å². The first-order valence-electron chi connectivity index (χ1n) is 11.7. The van der Waals surface area contributed by atoms with Crippen molar-refractivity contribution in [3.63, 3.8) is 0 Å². The van der Waals surface area contributed by atoms with Crippen LogP contribution < -0.4 is 0 Å². The van der Waals surface area contributed by atoms with Crippen LogP contribution in [0.5, 0.6) is 0 Å². The first-order valence-corrected chi connectivity index (χ1v) is 11.7. The SMILES string of the molecule is C=C/C=C\C1=C(/C=C\C)CC2CN(CC/C(C=C)=C/C=C\C)CCC2N1C(=O)CCC. The molecule has 3 nitrogen and oxygen atoms in total. The van der Waals surface area contributed by atoms with Gasteiger partial charge in [-0.3, -0.25) is 4.79 Å². The fourth-order valence-electron chi connectivity index (χ4n) is 4.67. The molecule has 0 N–H and O–H groups in total. The Balaban J connectivity index is 2.25. The van der Waals surface area contributed by atoms with Crippen molar-refractivity contribution in [1.82, 2.24) is 9.80 Å². The molecule has 0 radical (unpaired) electrons. The molecule has 0 aliphatic carbocycles. The van der Waals surface area contributed by atoms with Crippen molar-refractivity contribution in [3.05, 3.63) is 84.7 Å². The van der Waals surface area contributed by atoms with E-state index < -0.39 is 0 Å². The molecule has 31 heavy (non-hydrogen) atoms. The summed E-state index contributed by atoms with van der Waals surface area (Å²) < 4.78 is 0. The Morgan fingerprint density at radius 1 is 1.13 bits per heavy atom. The number of carbonyl (C=O) groups is 1. The van der Waals surface area contributed by atoms with Crippen LogP contribution in [0.15, 0.2) is 84.7 Å². The molecule has 2 heterocycles. The number of rotatable bonds is 10. The van der Waals surface area contributed by atoms with Crippen molar-refractivity contribution >= 4 is 5.91 Å². The number of fused-ring (bicyclic) bond motifs is 1. The van der Waals surface area contributed by atoms with E-state index in [-0.39, 0.29) is 11.9 Å². The summed E-state index contributed by atoms with van der Waals surface area (Å²) in [5.74, 6) is 0.716. The first kappa shape index (κ1) is 24.9. The van der Waals surface area contributed by atoms with Crippen molar-refractivity contribution in [1.29, 1.82) is 0 Å². The van der Waals surface area contributed by atoms with E-state index in [1.165, 1.54) is 11.1 Å². The number of hydrogen-bond donors (Lipinski definition) is 0. The molecule has 1 fully saturated rings. The van der Waals surface area contributed by atoms with Gasteiger partial charge in [0.2, 0.25) is 5.91 Å². The molecule has 1 amide bonds. The summed E-state index contributed by atoms with van der Waals surface area (Å²) in [4.78, 5) is 17.9. The van der Waals surface area contributed by atoms with Crippen LogP contribution in [0.2, 0.25) is 0 Å². The summed E-state index contributed by atoms with van der Waals surface area (Å²) in [5.41, 5.74) is 3.59. The van der Waals surface area contributed by atoms with E-state index in [1.807, 2.05) is 32.1 Å². The fraction of sp³-hybridized carbons (Fsp3) is 0.464. The van der Waals surface area contributed by atoms with E-state index >= 15 is 0 Å². The van der Waals surface area contributed by atoms with Crippen molar-refractivity contribution < 1.29 is 4.79 Å². The molecule has 0 saturated carbocycles. The molecule has 0 aromatic rings. The van der Waals surface area contributed by atoms with E-state index in [2.05, 4.69) is 60.3 Å². The van der Waals surface area contributed by atoms with Crippen LogP contribution in [0.3, 0.4) is 0 Å². The highest BCUT2D eigenvalue weighted by molar-refractivity contribution is 5.80. The van der Waals surface area contributed by atoms with Gasteiger partial charge in [-0.2, -0.15) is 0 Å². The first-order chi connectivity index (χ1) is 15.1. The molecule has 0 aromatic carbocycles. The van der Waals surface area contributed by atoms with Gasteiger partial charge in [0.05, 0.1) is 0 Å². The Labute approximate surface area is 189 Å². The number of piperidine rings is 1. The molecule has 2 atom stereocenters. The van der Waals surface area contributed by atoms with Gasteiger partial charge in [0.1, 0.15) is 0 Å². The molecule has 2 aliphatic rings. The maximum atomic E-state index is 13.2. The molecule has 2 unspecified atom stereocenters. The molecular weight excluding hydrogens is 380 g/mol. The summed E-state index contributed by atoms with van der Waals surface area (Å²) in [6, 6.07) is 0.284. The Bertz CT molecular complexity index is 781. The zero-order valence-corrected chi connectivity index (χ0v) is 19.7. The van der Waals surface area contributed by atoms with Gasteiger partial charge in [-0.1, -0.05) is 68.7 Å². The van der Waals surface area contributed by atoms with Gasteiger partial charge < -0.3 is 9.80 Å². The van der Waals surface area contributed by atoms with Crippen LogP contribution in [0.25, 0.3) is 0 Å². The van der Waals surface area contributed by atoms with Gasteiger partial charge in [-0.25, -0.2) is 0 Å². The summed E-state index contributed by atoms with van der Waals surface area (Å²) in [6.45, 7) is 17.0. The minimum Gasteiger partial charge on any atom is -0.309 e. The van der Waals surface area contributed by atoms with Gasteiger partial charge in [0.25, 0.3) is 0 Å². The van der Waals surface area contributed by atoms with E-state index in [9.17, 15) is 4.79 Å². The molecule has 3 heteroatoms. The topological polar surface area (TPSA) is 23.6 Å². The smallest absolute Gasteiger partial charge is 0.227 e. The van der Waals surface area contributed by atoms with Crippen LogP contribution >= 0.6 is 0 Å². The summed E-state index contributed by atoms with van der Waals surface area (Å²) in [7, 11) is 0. The number of hydrogen-bond acceptors (Lipinski definition) is 2. The average Bonchev–Trinajstić information content (AvgIpc) is 2.77. The van der Waals surface area contributed by atoms with E-state index in [0.717, 1.165) is 51.0 Å². The predicted octanol–water partition coefficient (Wildman–Crippen LogP) is 6.36. The van der Waals surface area contributed by atoms with Gasteiger partial charge in [-0.05, 0) is 62.7 Å². The maximum Gasteiger partial charge on any atom is 0.227 e. The number of allylic oxidation sites excluding steroid dienone is 10. The second-order valence-corrected chi connectivity index (χ2v) is 8.36. The minimum atomic E-state index is 0.250. The van der Waals surface area contributed by atoms with Gasteiger partial charge in [0, 0.05) is 37.8 Å². The minimum absolute atomic E-state index is 0.250. The molecule has 1 saturated heterocycles. The Hall–Kier alpha value is -2.39. The predicted molar refractivity (Wildman–Crippen MR) is 134 cm³/mol. The van der Waals surface area contributed by atoms with E-state index in [4.69, 9.17) is 0 Å². The highest BCUT2D eigenvalue weighted by Crippen LogP contribution is 2.38. The van der Waals surface area contributed by atoms with Crippen LogP contribution in [0, 0.1) is 5.92 Å². The molecule has 2 rings (SSSR count). The number of nitrogens with zero attached hydrogens (tertiary/aromatic N) is 2. The highest BCUT2D eigenvalue weighted by atomic mass is 16.2. The fourth-order valence-corrected chi connectivity index (χ4v) is 4.67. The average molecular weight is 421 g/mol. The Morgan fingerprint density at radius 3 is 2.58 bits per heavy atom. The van der Waals surface area contributed by atoms with Crippen LogP contribution in [-0.2, 0) is 4.79 Å². The molecule has 0 bridgehead atoms. The molecule has 168 valence electrons. The Kier molecular flexibility index (Phi) is 10.5. The summed E-state index contributed by atoms with van der Waals surface area (Å²) in [5, 5.41) is 0. The third kappa shape index (κ3) is 6.80. The van der Waals surface area contributed by atoms with Crippen molar-refractivity contribution in [3.8, 4) is 0 Å². The van der Waals surface area contributed by atoms with Crippen LogP contribution in [0.4, 0.5) is 0 Å². The summed E-state index contributed by atoms with van der Waals surface area (Å²) >= 11 is 0. The maximum absolute atomic E-state index is 13.2. The largest absolute Gasteiger partial charge is 0.309 e. The molecular formula is C28H40N2O. The zero-order valence-electron chi connectivity index (χ0n) is 19.7. The van der Waals surface area contributed by atoms with E-state index in [1.54, 1.807) is 6.08 Å². The summed E-state index contributed by atoms with van der Waals surface area (Å²) in [6.07, 6.45) is 22.8. The third-order valence-electron chi connectivity index (χ3n) is 6.15. The number of likely N-dealkylation sites (tertiary alicyclic amines) is 1. The molecule has 0 spiro atoms. The van der Waals surface area contributed by atoms with Gasteiger partial charge in [0.15, 0.2) is 0 Å². The zero-order chi connectivity index (χ0) is 22.6. The highest BCUT2D eigenvalue weighted by Gasteiger charge is 2.40. The van der Waals surface area contributed by atoms with Crippen molar-refractivity contribution in [2.24, 2.45) is 5.92 Å². The third-order valence-corrected chi connectivity index (χ3v) is 6.15. The van der Waals surface area contributed by atoms with Crippen LogP contribution in [-0.4, -0.2) is 41.4 Å². The second kappa shape index (κ2) is 13.1. The standard InChI is InChI=1S/C28H40N2O/c1-6-11-15-23(10-5)17-19-29-20-18-27-25(22-29)21-24(13-8-3)26(16-12-7-2)30(27)28(31)14-9-4/h6-8,10-13,15-16,25,27H,2,5,9,14,17-22H2,1,3-4H3/b11-6-,13-8-,16-12-,23-15+. The van der Waals surface area contributed by atoms with Crippen molar-refractivity contribution in [2.75, 3.05) is 19.6 Å². The molecule has 0 aromatic heterocycles. The monoisotopic (exact) mass is 420 g/mol. The lowest BCUT2D eigenvalue weighted by atomic mass is 9.80.